The number of hydrogen-bond acceptors (Lipinski definition) is 0. The molecule has 1 aromatic rings. The van der Waals surface area contributed by atoms with Crippen LogP contribution in [0.5, 0.6) is 0 Å². The molecule has 0 amide bonds. The van der Waals surface area contributed by atoms with Crippen molar-refractivity contribution in [3.63, 3.8) is 0 Å². The Morgan fingerprint density at radius 1 is 1.00 bits per heavy atom. The van der Waals surface area contributed by atoms with Crippen LogP contribution in [0.1, 0.15) is 18.4 Å². The van der Waals surface area contributed by atoms with E-state index in [1.54, 1.807) is 0 Å². The lowest BCUT2D eigenvalue weighted by Gasteiger charge is -2.28. The average Bonchev–Trinajstić information content (AvgIpc) is 2.19. The van der Waals surface area contributed by atoms with E-state index >= 15 is 0 Å². The first-order chi connectivity index (χ1) is 7.20. The van der Waals surface area contributed by atoms with E-state index < -0.39 is 0 Å². The van der Waals surface area contributed by atoms with Crippen molar-refractivity contribution in [2.45, 2.75) is 19.3 Å². The van der Waals surface area contributed by atoms with E-state index in [1.165, 1.54) is 5.56 Å². The van der Waals surface area contributed by atoms with Gasteiger partial charge < -0.3 is 0 Å². The number of hydrogen-bond donors (Lipinski definition) is 0. The molecule has 0 saturated heterocycles. The zero-order chi connectivity index (χ0) is 11.1. The highest BCUT2D eigenvalue weighted by Gasteiger charge is 2.23. The molecule has 0 aliphatic carbocycles. The quantitative estimate of drug-likeness (QED) is 0.654. The lowest BCUT2D eigenvalue weighted by molar-refractivity contribution is 0.350. The molecule has 0 unspecified atom stereocenters. The summed E-state index contributed by atoms with van der Waals surface area (Å²) in [5.41, 5.74) is 1.30. The SMILES string of the molecule is [CH2]C(CCCl)(CCCl)Cc1ccccc1. The Balaban J connectivity index is 2.66. The minimum absolute atomic E-state index is 0.00907. The van der Waals surface area contributed by atoms with E-state index in [9.17, 15) is 0 Å². The second-order valence-electron chi connectivity index (χ2n) is 4.04. The molecule has 1 radical (unpaired) electrons. The Labute approximate surface area is 103 Å². The summed E-state index contributed by atoms with van der Waals surface area (Å²) in [7, 11) is 0. The Hall–Kier alpha value is -0.200. The predicted molar refractivity (Wildman–Crippen MR) is 68.6 cm³/mol. The second-order valence-corrected chi connectivity index (χ2v) is 4.80. The van der Waals surface area contributed by atoms with Gasteiger partial charge in [-0.3, -0.25) is 0 Å². The number of benzene rings is 1. The maximum Gasteiger partial charge on any atom is 0.0228 e. The molecular formula is C13H17Cl2. The first kappa shape index (κ1) is 12.9. The Bertz CT molecular complexity index is 263. The van der Waals surface area contributed by atoms with Gasteiger partial charge in [0.15, 0.2) is 0 Å². The second kappa shape index (κ2) is 6.40. The van der Waals surface area contributed by atoms with Gasteiger partial charge in [0.2, 0.25) is 0 Å². The molecule has 0 aliphatic heterocycles. The molecular weight excluding hydrogens is 227 g/mol. The van der Waals surface area contributed by atoms with Gasteiger partial charge in [0.25, 0.3) is 0 Å². The first-order valence-electron chi connectivity index (χ1n) is 5.21. The Kier molecular flexibility index (Phi) is 5.49. The fourth-order valence-corrected chi connectivity index (χ4v) is 2.53. The molecule has 0 saturated carbocycles. The molecule has 0 aromatic heterocycles. The van der Waals surface area contributed by atoms with Crippen LogP contribution in [0.3, 0.4) is 0 Å². The van der Waals surface area contributed by atoms with E-state index in [1.807, 2.05) is 6.07 Å². The molecule has 2 heteroatoms. The average molecular weight is 244 g/mol. The Morgan fingerprint density at radius 3 is 2.00 bits per heavy atom. The van der Waals surface area contributed by atoms with Crippen LogP contribution >= 0.6 is 23.2 Å². The molecule has 0 fully saturated rings. The molecule has 0 spiro atoms. The van der Waals surface area contributed by atoms with Gasteiger partial charge in [0.05, 0.1) is 0 Å². The van der Waals surface area contributed by atoms with Crippen LogP contribution in [-0.2, 0) is 6.42 Å². The van der Waals surface area contributed by atoms with Crippen LogP contribution in [0.2, 0.25) is 0 Å². The van der Waals surface area contributed by atoms with Gasteiger partial charge in [-0.1, -0.05) is 30.3 Å². The van der Waals surface area contributed by atoms with Crippen molar-refractivity contribution < 1.29 is 0 Å². The predicted octanol–water partition coefficient (Wildman–Crippen LogP) is 4.31. The van der Waals surface area contributed by atoms with Crippen LogP contribution in [-0.4, -0.2) is 11.8 Å². The number of halogens is 2. The van der Waals surface area contributed by atoms with E-state index in [4.69, 9.17) is 23.2 Å². The molecule has 0 aliphatic rings. The Morgan fingerprint density at radius 2 is 1.53 bits per heavy atom. The lowest BCUT2D eigenvalue weighted by atomic mass is 9.79. The monoisotopic (exact) mass is 243 g/mol. The number of rotatable bonds is 6. The summed E-state index contributed by atoms with van der Waals surface area (Å²) in [5, 5.41) is 0. The largest absolute Gasteiger partial charge is 0.127 e. The summed E-state index contributed by atoms with van der Waals surface area (Å²) in [6.07, 6.45) is 2.78. The smallest absolute Gasteiger partial charge is 0.0228 e. The van der Waals surface area contributed by atoms with Crippen LogP contribution in [0, 0.1) is 12.3 Å². The summed E-state index contributed by atoms with van der Waals surface area (Å²) in [6, 6.07) is 10.4. The highest BCUT2D eigenvalue weighted by Crippen LogP contribution is 2.31. The van der Waals surface area contributed by atoms with Gasteiger partial charge in [-0.2, -0.15) is 0 Å². The van der Waals surface area contributed by atoms with Crippen LogP contribution in [0.4, 0.5) is 0 Å². The zero-order valence-electron chi connectivity index (χ0n) is 8.89. The molecule has 83 valence electrons. The molecule has 0 atom stereocenters. The summed E-state index contributed by atoms with van der Waals surface area (Å²) in [5.74, 6) is 1.29. The van der Waals surface area contributed by atoms with Gasteiger partial charge in [-0.15, -0.1) is 23.2 Å². The molecule has 0 N–H and O–H groups in total. The number of alkyl halides is 2. The fraction of sp³-hybridized carbons (Fsp3) is 0.462. The minimum atomic E-state index is -0.00907. The topological polar surface area (TPSA) is 0 Å². The standard InChI is InChI=1S/C13H17Cl2/c1-13(7-9-14,8-10-15)11-12-5-3-2-4-6-12/h2-6H,1,7-11H2. The van der Waals surface area contributed by atoms with Crippen molar-refractivity contribution in [2.24, 2.45) is 5.41 Å². The molecule has 0 heterocycles. The van der Waals surface area contributed by atoms with Crippen LogP contribution < -0.4 is 0 Å². The summed E-state index contributed by atoms with van der Waals surface area (Å²) in [6.45, 7) is 4.28. The van der Waals surface area contributed by atoms with E-state index in [-0.39, 0.29) is 5.41 Å². The highest BCUT2D eigenvalue weighted by atomic mass is 35.5. The molecule has 0 nitrogen and oxygen atoms in total. The summed E-state index contributed by atoms with van der Waals surface area (Å²) in [4.78, 5) is 0. The summed E-state index contributed by atoms with van der Waals surface area (Å²) >= 11 is 11.6. The summed E-state index contributed by atoms with van der Waals surface area (Å²) < 4.78 is 0. The molecule has 0 bridgehead atoms. The minimum Gasteiger partial charge on any atom is -0.127 e. The normalized spacial score (nSPS) is 11.7. The van der Waals surface area contributed by atoms with Crippen LogP contribution in [0.25, 0.3) is 0 Å². The molecule has 1 rings (SSSR count). The van der Waals surface area contributed by atoms with E-state index in [0.717, 1.165) is 19.3 Å². The van der Waals surface area contributed by atoms with Crippen molar-refractivity contribution >= 4 is 23.2 Å². The van der Waals surface area contributed by atoms with E-state index in [2.05, 4.69) is 31.2 Å². The maximum absolute atomic E-state index is 5.80. The first-order valence-corrected chi connectivity index (χ1v) is 6.28. The maximum atomic E-state index is 5.80. The van der Waals surface area contributed by atoms with Crippen molar-refractivity contribution in [3.8, 4) is 0 Å². The third kappa shape index (κ3) is 4.44. The van der Waals surface area contributed by atoms with Crippen molar-refractivity contribution in [1.29, 1.82) is 0 Å². The zero-order valence-corrected chi connectivity index (χ0v) is 10.4. The van der Waals surface area contributed by atoms with Crippen molar-refractivity contribution in [2.75, 3.05) is 11.8 Å². The highest BCUT2D eigenvalue weighted by molar-refractivity contribution is 6.18. The van der Waals surface area contributed by atoms with Gasteiger partial charge in [0.1, 0.15) is 0 Å². The van der Waals surface area contributed by atoms with E-state index in [0.29, 0.717) is 11.8 Å². The lowest BCUT2D eigenvalue weighted by Crippen LogP contribution is -2.21. The fourth-order valence-electron chi connectivity index (χ4n) is 1.73. The molecule has 1 aromatic carbocycles. The van der Waals surface area contributed by atoms with Crippen molar-refractivity contribution in [3.05, 3.63) is 42.8 Å². The van der Waals surface area contributed by atoms with Crippen molar-refractivity contribution in [1.82, 2.24) is 0 Å². The van der Waals surface area contributed by atoms with Gasteiger partial charge >= 0.3 is 0 Å². The third-order valence-electron chi connectivity index (χ3n) is 2.67. The van der Waals surface area contributed by atoms with Gasteiger partial charge in [0, 0.05) is 11.8 Å². The molecule has 15 heavy (non-hydrogen) atoms. The van der Waals surface area contributed by atoms with Gasteiger partial charge in [-0.25, -0.2) is 0 Å². The third-order valence-corrected chi connectivity index (χ3v) is 3.05. The van der Waals surface area contributed by atoms with Crippen LogP contribution in [0.15, 0.2) is 30.3 Å². The van der Waals surface area contributed by atoms with Gasteiger partial charge in [-0.05, 0) is 37.2 Å².